The average Bonchev–Trinajstić information content (AvgIpc) is 2.74. The summed E-state index contributed by atoms with van der Waals surface area (Å²) in [6.45, 7) is 1.38. The van der Waals surface area contributed by atoms with Crippen molar-refractivity contribution < 1.29 is 13.2 Å². The standard InChI is InChI=1S/C22H21ClN2O3S/c1-17-20(23)14-9-15-21(17)25(29(27,28)19-12-7-4-8-13-19)16-22(26)24(2)18-10-5-3-6-11-18/h3-15H,16H2,1-2H3. The highest BCUT2D eigenvalue weighted by atomic mass is 35.5. The summed E-state index contributed by atoms with van der Waals surface area (Å²) in [5.41, 5.74) is 1.64. The molecular formula is C22H21ClN2O3S. The lowest BCUT2D eigenvalue weighted by molar-refractivity contribution is -0.116. The summed E-state index contributed by atoms with van der Waals surface area (Å²) in [5.74, 6) is -0.366. The first kappa shape index (κ1) is 20.9. The van der Waals surface area contributed by atoms with Gasteiger partial charge in [-0.05, 0) is 48.9 Å². The molecule has 0 aliphatic carbocycles. The van der Waals surface area contributed by atoms with Gasteiger partial charge in [-0.1, -0.05) is 54.1 Å². The Kier molecular flexibility index (Phi) is 6.25. The van der Waals surface area contributed by atoms with E-state index in [9.17, 15) is 13.2 Å². The second kappa shape index (κ2) is 8.68. The molecule has 0 aliphatic rings. The molecular weight excluding hydrogens is 408 g/mol. The molecule has 29 heavy (non-hydrogen) atoms. The zero-order chi connectivity index (χ0) is 21.0. The molecule has 7 heteroatoms. The van der Waals surface area contributed by atoms with Crippen LogP contribution in [0.4, 0.5) is 11.4 Å². The molecule has 0 N–H and O–H groups in total. The van der Waals surface area contributed by atoms with Crippen LogP contribution in [0.25, 0.3) is 0 Å². The summed E-state index contributed by atoms with van der Waals surface area (Å²) in [6, 6.07) is 22.1. The smallest absolute Gasteiger partial charge is 0.264 e. The maximum atomic E-state index is 13.4. The van der Waals surface area contributed by atoms with E-state index < -0.39 is 10.0 Å². The van der Waals surface area contributed by atoms with Crippen LogP contribution >= 0.6 is 11.6 Å². The Labute approximate surface area is 176 Å². The molecule has 3 rings (SSSR count). The number of amides is 1. The number of rotatable bonds is 6. The van der Waals surface area contributed by atoms with Crippen molar-refractivity contribution in [3.63, 3.8) is 0 Å². The van der Waals surface area contributed by atoms with Crippen molar-refractivity contribution in [2.45, 2.75) is 11.8 Å². The summed E-state index contributed by atoms with van der Waals surface area (Å²) in [5, 5.41) is 0.430. The minimum atomic E-state index is -3.98. The third kappa shape index (κ3) is 4.44. The lowest BCUT2D eigenvalue weighted by Crippen LogP contribution is -2.42. The van der Waals surface area contributed by atoms with E-state index in [1.165, 1.54) is 17.0 Å². The van der Waals surface area contributed by atoms with Crippen molar-refractivity contribution in [3.8, 4) is 0 Å². The molecule has 1 amide bonds. The molecule has 150 valence electrons. The first-order chi connectivity index (χ1) is 13.8. The molecule has 0 saturated carbocycles. The van der Waals surface area contributed by atoms with Crippen LogP contribution in [0.5, 0.6) is 0 Å². The van der Waals surface area contributed by atoms with Crippen molar-refractivity contribution in [2.75, 3.05) is 22.8 Å². The topological polar surface area (TPSA) is 57.7 Å². The third-order valence-corrected chi connectivity index (χ3v) is 6.82. The maximum absolute atomic E-state index is 13.4. The van der Waals surface area contributed by atoms with E-state index in [2.05, 4.69) is 0 Å². The van der Waals surface area contributed by atoms with Crippen LogP contribution < -0.4 is 9.21 Å². The van der Waals surface area contributed by atoms with Gasteiger partial charge in [0, 0.05) is 17.8 Å². The highest BCUT2D eigenvalue weighted by molar-refractivity contribution is 7.92. The molecule has 0 aromatic heterocycles. The minimum Gasteiger partial charge on any atom is -0.314 e. The van der Waals surface area contributed by atoms with E-state index in [-0.39, 0.29) is 17.3 Å². The molecule has 0 spiro atoms. The van der Waals surface area contributed by atoms with Crippen LogP contribution in [0.3, 0.4) is 0 Å². The van der Waals surface area contributed by atoms with Gasteiger partial charge in [0.2, 0.25) is 5.91 Å². The number of carbonyl (C=O) groups is 1. The quantitative estimate of drug-likeness (QED) is 0.580. The van der Waals surface area contributed by atoms with Crippen LogP contribution in [0.15, 0.2) is 83.8 Å². The van der Waals surface area contributed by atoms with E-state index in [0.29, 0.717) is 22.0 Å². The predicted octanol–water partition coefficient (Wildman–Crippen LogP) is 4.51. The lowest BCUT2D eigenvalue weighted by atomic mass is 10.2. The number of hydrogen-bond donors (Lipinski definition) is 0. The highest BCUT2D eigenvalue weighted by Crippen LogP contribution is 2.31. The van der Waals surface area contributed by atoms with Gasteiger partial charge < -0.3 is 4.90 Å². The molecule has 3 aromatic carbocycles. The molecule has 0 radical (unpaired) electrons. The number of benzene rings is 3. The number of carbonyl (C=O) groups excluding carboxylic acids is 1. The summed E-state index contributed by atoms with van der Waals surface area (Å²) < 4.78 is 27.9. The van der Waals surface area contributed by atoms with E-state index in [0.717, 1.165) is 4.31 Å². The van der Waals surface area contributed by atoms with Crippen molar-refractivity contribution in [2.24, 2.45) is 0 Å². The Hall–Kier alpha value is -2.83. The lowest BCUT2D eigenvalue weighted by Gasteiger charge is -2.28. The Morgan fingerprint density at radius 3 is 2.10 bits per heavy atom. The van der Waals surface area contributed by atoms with Crippen molar-refractivity contribution >= 4 is 38.9 Å². The zero-order valence-corrected chi connectivity index (χ0v) is 17.7. The van der Waals surface area contributed by atoms with Gasteiger partial charge >= 0.3 is 0 Å². The largest absolute Gasteiger partial charge is 0.314 e. The molecule has 0 aliphatic heterocycles. The Bertz CT molecular complexity index is 1100. The molecule has 3 aromatic rings. The summed E-state index contributed by atoms with van der Waals surface area (Å²) in [4.78, 5) is 14.5. The number of likely N-dealkylation sites (N-methyl/N-ethyl adjacent to an activating group) is 1. The van der Waals surface area contributed by atoms with Crippen molar-refractivity contribution in [1.29, 1.82) is 0 Å². The SMILES string of the molecule is Cc1c(Cl)cccc1N(CC(=O)N(C)c1ccccc1)S(=O)(=O)c1ccccc1. The van der Waals surface area contributed by atoms with Gasteiger partial charge in [0.05, 0.1) is 10.6 Å². The van der Waals surface area contributed by atoms with Gasteiger partial charge in [-0.3, -0.25) is 9.10 Å². The highest BCUT2D eigenvalue weighted by Gasteiger charge is 2.29. The van der Waals surface area contributed by atoms with E-state index >= 15 is 0 Å². The van der Waals surface area contributed by atoms with E-state index in [1.54, 1.807) is 62.5 Å². The van der Waals surface area contributed by atoms with Crippen LogP contribution in [-0.2, 0) is 14.8 Å². The van der Waals surface area contributed by atoms with Gasteiger partial charge in [-0.25, -0.2) is 8.42 Å². The van der Waals surface area contributed by atoms with Crippen molar-refractivity contribution in [3.05, 3.63) is 89.4 Å². The first-order valence-corrected chi connectivity index (χ1v) is 10.8. The second-order valence-corrected chi connectivity index (χ2v) is 8.77. The fourth-order valence-electron chi connectivity index (χ4n) is 2.91. The summed E-state index contributed by atoms with van der Waals surface area (Å²) in [7, 11) is -2.36. The van der Waals surface area contributed by atoms with Gasteiger partial charge in [0.15, 0.2) is 0 Å². The fraction of sp³-hybridized carbons (Fsp3) is 0.136. The summed E-state index contributed by atoms with van der Waals surface area (Å²) >= 11 is 6.23. The predicted molar refractivity (Wildman–Crippen MR) is 117 cm³/mol. The number of halogens is 1. The molecule has 0 saturated heterocycles. The molecule has 0 heterocycles. The fourth-order valence-corrected chi connectivity index (χ4v) is 4.57. The van der Waals surface area contributed by atoms with Crippen LogP contribution in [0.1, 0.15) is 5.56 Å². The Morgan fingerprint density at radius 2 is 1.48 bits per heavy atom. The number of anilines is 2. The van der Waals surface area contributed by atoms with Gasteiger partial charge in [0.1, 0.15) is 6.54 Å². The summed E-state index contributed by atoms with van der Waals surface area (Å²) in [6.07, 6.45) is 0. The Balaban J connectivity index is 2.04. The van der Waals surface area contributed by atoms with Gasteiger partial charge in [0.25, 0.3) is 10.0 Å². The van der Waals surface area contributed by atoms with Crippen LogP contribution in [0.2, 0.25) is 5.02 Å². The van der Waals surface area contributed by atoms with Gasteiger partial charge in [-0.15, -0.1) is 0 Å². The zero-order valence-electron chi connectivity index (χ0n) is 16.1. The number of nitrogens with zero attached hydrogens (tertiary/aromatic N) is 2. The van der Waals surface area contributed by atoms with Gasteiger partial charge in [-0.2, -0.15) is 0 Å². The van der Waals surface area contributed by atoms with Crippen LogP contribution in [-0.4, -0.2) is 27.9 Å². The molecule has 0 unspecified atom stereocenters. The average molecular weight is 429 g/mol. The number of sulfonamides is 1. The maximum Gasteiger partial charge on any atom is 0.264 e. The normalized spacial score (nSPS) is 11.1. The molecule has 0 bridgehead atoms. The van der Waals surface area contributed by atoms with E-state index in [4.69, 9.17) is 11.6 Å². The number of para-hydroxylation sites is 1. The minimum absolute atomic E-state index is 0.106. The third-order valence-electron chi connectivity index (χ3n) is 4.64. The molecule has 0 fully saturated rings. The van der Waals surface area contributed by atoms with Crippen molar-refractivity contribution in [1.82, 2.24) is 0 Å². The monoisotopic (exact) mass is 428 g/mol. The molecule has 0 atom stereocenters. The first-order valence-electron chi connectivity index (χ1n) is 8.97. The molecule has 5 nitrogen and oxygen atoms in total. The number of hydrogen-bond acceptors (Lipinski definition) is 3. The Morgan fingerprint density at radius 1 is 0.897 bits per heavy atom. The van der Waals surface area contributed by atoms with Crippen LogP contribution in [0, 0.1) is 6.92 Å². The second-order valence-electron chi connectivity index (χ2n) is 6.50. The van der Waals surface area contributed by atoms with E-state index in [1.807, 2.05) is 18.2 Å².